The van der Waals surface area contributed by atoms with Crippen LogP contribution in [0.15, 0.2) is 12.7 Å². The highest BCUT2D eigenvalue weighted by Crippen LogP contribution is 2.34. The molecule has 2 aromatic heterocycles. The molecular formula is C11H18N5O5P. The van der Waals surface area contributed by atoms with Gasteiger partial charge in [-0.25, -0.2) is 15.0 Å². The first-order chi connectivity index (χ1) is 10.4. The van der Waals surface area contributed by atoms with Crippen molar-refractivity contribution < 1.29 is 23.8 Å². The number of hydrogen-bond donors (Lipinski definition) is 3. The third-order valence-corrected chi connectivity index (χ3v) is 3.30. The van der Waals surface area contributed by atoms with Crippen molar-refractivity contribution in [1.29, 1.82) is 0 Å². The zero-order valence-corrected chi connectivity index (χ0v) is 12.9. The van der Waals surface area contributed by atoms with Crippen LogP contribution in [0.4, 0.5) is 5.82 Å². The summed E-state index contributed by atoms with van der Waals surface area (Å²) in [7, 11) is -4.25. The molecule has 2 aromatic rings. The Kier molecular flexibility index (Phi) is 5.43. The molecule has 0 radical (unpaired) electrons. The topological polar surface area (TPSA) is 146 Å². The average Bonchev–Trinajstić information content (AvgIpc) is 2.85. The number of aromatic nitrogens is 4. The van der Waals surface area contributed by atoms with Gasteiger partial charge in [-0.05, 0) is 6.92 Å². The van der Waals surface area contributed by atoms with Crippen LogP contribution in [0.1, 0.15) is 6.92 Å². The predicted molar refractivity (Wildman–Crippen MR) is 78.0 cm³/mol. The van der Waals surface area contributed by atoms with Gasteiger partial charge in [-0.1, -0.05) is 0 Å². The summed E-state index contributed by atoms with van der Waals surface area (Å²) in [6.45, 7) is 2.75. The Morgan fingerprint density at radius 3 is 2.86 bits per heavy atom. The van der Waals surface area contributed by atoms with Crippen LogP contribution >= 0.6 is 7.60 Å². The highest BCUT2D eigenvalue weighted by atomic mass is 31.2. The maximum atomic E-state index is 10.9. The van der Waals surface area contributed by atoms with Crippen molar-refractivity contribution in [3.63, 3.8) is 0 Å². The Morgan fingerprint density at radius 2 is 2.18 bits per heavy atom. The molecule has 0 aliphatic carbocycles. The van der Waals surface area contributed by atoms with Gasteiger partial charge in [0.05, 0.1) is 25.6 Å². The van der Waals surface area contributed by atoms with Crippen LogP contribution < -0.4 is 5.73 Å². The quantitative estimate of drug-likeness (QED) is 0.567. The van der Waals surface area contributed by atoms with E-state index in [1.165, 1.54) is 12.7 Å². The standard InChI is InChI=1S/C11H18N5O5P/c1-2-20-4-8(21-7-22(17,18)19)3-16-6-15-9-10(12)13-5-14-11(9)16/h5-6,8H,2-4,7H2,1H3,(H2,12,13,14)(H2,17,18,19). The lowest BCUT2D eigenvalue weighted by molar-refractivity contribution is -0.00829. The van der Waals surface area contributed by atoms with Crippen LogP contribution in [0.25, 0.3) is 11.2 Å². The minimum absolute atomic E-state index is 0.191. The molecule has 0 saturated heterocycles. The van der Waals surface area contributed by atoms with E-state index in [4.69, 9.17) is 25.0 Å². The molecule has 0 bridgehead atoms. The molecule has 0 spiro atoms. The van der Waals surface area contributed by atoms with Gasteiger partial charge in [0.25, 0.3) is 0 Å². The van der Waals surface area contributed by atoms with Gasteiger partial charge in [-0.2, -0.15) is 0 Å². The molecule has 22 heavy (non-hydrogen) atoms. The number of anilines is 1. The average molecular weight is 331 g/mol. The summed E-state index contributed by atoms with van der Waals surface area (Å²) in [6.07, 6.45) is 1.62. The molecule has 0 saturated carbocycles. The minimum atomic E-state index is -4.25. The monoisotopic (exact) mass is 331 g/mol. The van der Waals surface area contributed by atoms with Gasteiger partial charge >= 0.3 is 7.60 Å². The minimum Gasteiger partial charge on any atom is -0.382 e. The molecule has 2 heterocycles. The van der Waals surface area contributed by atoms with Crippen molar-refractivity contribution in [3.05, 3.63) is 12.7 Å². The maximum absolute atomic E-state index is 10.9. The summed E-state index contributed by atoms with van der Waals surface area (Å²) in [5.41, 5.74) is 6.70. The molecule has 0 aliphatic rings. The highest BCUT2D eigenvalue weighted by molar-refractivity contribution is 7.51. The van der Waals surface area contributed by atoms with E-state index in [-0.39, 0.29) is 19.0 Å². The molecule has 0 aliphatic heterocycles. The van der Waals surface area contributed by atoms with Crippen molar-refractivity contribution in [1.82, 2.24) is 19.5 Å². The summed E-state index contributed by atoms with van der Waals surface area (Å²) in [4.78, 5) is 29.9. The first-order valence-electron chi connectivity index (χ1n) is 6.56. The third-order valence-electron chi connectivity index (χ3n) is 2.82. The third kappa shape index (κ3) is 4.46. The first kappa shape index (κ1) is 16.8. The van der Waals surface area contributed by atoms with E-state index in [2.05, 4.69) is 15.0 Å². The molecule has 1 atom stereocenters. The fourth-order valence-corrected chi connectivity index (χ4v) is 2.26. The van der Waals surface area contributed by atoms with E-state index in [0.29, 0.717) is 17.8 Å². The summed E-state index contributed by atoms with van der Waals surface area (Å²) in [5.74, 6) is 0.265. The molecular weight excluding hydrogens is 313 g/mol. The van der Waals surface area contributed by atoms with E-state index >= 15 is 0 Å². The van der Waals surface area contributed by atoms with Crippen molar-refractivity contribution in [2.75, 3.05) is 25.3 Å². The van der Waals surface area contributed by atoms with Gasteiger partial charge in [0, 0.05) is 6.61 Å². The van der Waals surface area contributed by atoms with Crippen LogP contribution in [0.3, 0.4) is 0 Å². The zero-order valence-electron chi connectivity index (χ0n) is 12.0. The number of hydrogen-bond acceptors (Lipinski definition) is 7. The summed E-state index contributed by atoms with van der Waals surface area (Å²) < 4.78 is 23.1. The van der Waals surface area contributed by atoms with Crippen molar-refractivity contribution in [2.45, 2.75) is 19.6 Å². The zero-order chi connectivity index (χ0) is 16.2. The summed E-state index contributed by atoms with van der Waals surface area (Å²) in [5, 5.41) is 0. The number of nitrogen functional groups attached to an aromatic ring is 1. The number of nitrogens with zero attached hydrogens (tertiary/aromatic N) is 4. The fourth-order valence-electron chi connectivity index (χ4n) is 1.86. The molecule has 0 amide bonds. The molecule has 0 fully saturated rings. The number of fused-ring (bicyclic) bond motifs is 1. The molecule has 2 rings (SSSR count). The molecule has 1 unspecified atom stereocenters. The van der Waals surface area contributed by atoms with E-state index in [9.17, 15) is 4.57 Å². The summed E-state index contributed by atoms with van der Waals surface area (Å²) >= 11 is 0. The van der Waals surface area contributed by atoms with Gasteiger partial charge in [-0.3, -0.25) is 4.57 Å². The van der Waals surface area contributed by atoms with Crippen molar-refractivity contribution >= 4 is 24.6 Å². The Morgan fingerprint density at radius 1 is 1.41 bits per heavy atom. The molecule has 10 nitrogen and oxygen atoms in total. The molecule has 0 aromatic carbocycles. The van der Waals surface area contributed by atoms with E-state index in [1.54, 1.807) is 4.57 Å². The van der Waals surface area contributed by atoms with Crippen molar-refractivity contribution in [3.8, 4) is 0 Å². The van der Waals surface area contributed by atoms with Crippen molar-refractivity contribution in [2.24, 2.45) is 0 Å². The van der Waals surface area contributed by atoms with Crippen LogP contribution in [0.2, 0.25) is 0 Å². The largest absolute Gasteiger partial charge is 0.382 e. The number of rotatable bonds is 8. The number of ether oxygens (including phenoxy) is 2. The maximum Gasteiger partial charge on any atom is 0.350 e. The summed E-state index contributed by atoms with van der Waals surface area (Å²) in [6, 6.07) is 0. The lowest BCUT2D eigenvalue weighted by atomic mass is 10.3. The van der Waals surface area contributed by atoms with E-state index in [0.717, 1.165) is 0 Å². The van der Waals surface area contributed by atoms with Crippen LogP contribution in [-0.4, -0.2) is 55.0 Å². The normalized spacial score (nSPS) is 13.6. The Labute approximate surface area is 126 Å². The lowest BCUT2D eigenvalue weighted by Crippen LogP contribution is -2.26. The van der Waals surface area contributed by atoms with Gasteiger partial charge in [0.2, 0.25) is 0 Å². The van der Waals surface area contributed by atoms with Crippen LogP contribution in [-0.2, 0) is 20.6 Å². The number of nitrogens with two attached hydrogens (primary N) is 1. The predicted octanol–water partition coefficient (Wildman–Crippen LogP) is -0.0346. The Balaban J connectivity index is 2.14. The molecule has 11 heteroatoms. The Bertz CT molecular complexity index is 672. The second-order valence-corrected chi connectivity index (χ2v) is 6.16. The first-order valence-corrected chi connectivity index (χ1v) is 8.35. The van der Waals surface area contributed by atoms with Crippen LogP contribution in [0, 0.1) is 0 Å². The van der Waals surface area contributed by atoms with E-state index < -0.39 is 20.0 Å². The van der Waals surface area contributed by atoms with Crippen LogP contribution in [0.5, 0.6) is 0 Å². The van der Waals surface area contributed by atoms with Gasteiger partial charge in [0.15, 0.2) is 11.5 Å². The number of imidazole rings is 1. The lowest BCUT2D eigenvalue weighted by Gasteiger charge is -2.18. The van der Waals surface area contributed by atoms with Gasteiger partial charge < -0.3 is 29.6 Å². The molecule has 122 valence electrons. The fraction of sp³-hybridized carbons (Fsp3) is 0.545. The Hall–Kier alpha value is -1.58. The van der Waals surface area contributed by atoms with Gasteiger partial charge in [0.1, 0.15) is 18.2 Å². The smallest absolute Gasteiger partial charge is 0.350 e. The van der Waals surface area contributed by atoms with E-state index in [1.807, 2.05) is 6.92 Å². The second kappa shape index (κ2) is 7.12. The molecule has 4 N–H and O–H groups in total. The van der Waals surface area contributed by atoms with Gasteiger partial charge in [-0.15, -0.1) is 0 Å². The second-order valence-electron chi connectivity index (χ2n) is 4.57. The highest BCUT2D eigenvalue weighted by Gasteiger charge is 2.20. The SMILES string of the molecule is CCOCC(Cn1cnc2c(N)ncnc21)OCP(=O)(O)O.